The van der Waals surface area contributed by atoms with Gasteiger partial charge in [-0.25, -0.2) is 9.37 Å². The molecule has 0 unspecified atom stereocenters. The van der Waals surface area contributed by atoms with E-state index in [1.54, 1.807) is 7.05 Å². The average molecular weight is 260 g/mol. The van der Waals surface area contributed by atoms with Crippen LogP contribution in [0.2, 0.25) is 5.15 Å². The van der Waals surface area contributed by atoms with Gasteiger partial charge in [-0.05, 0) is 20.2 Å². The first kappa shape index (κ1) is 13.9. The molecule has 94 valence electrons. The molecule has 6 heteroatoms. The van der Waals surface area contributed by atoms with Crippen molar-refractivity contribution in [2.24, 2.45) is 0 Å². The smallest absolute Gasteiger partial charge is 0.256 e. The number of hydrogen-bond acceptors (Lipinski definition) is 3. The molecule has 0 bridgehead atoms. The summed E-state index contributed by atoms with van der Waals surface area (Å²) in [5.41, 5.74) is 0.0907. The zero-order valence-corrected chi connectivity index (χ0v) is 10.8. The van der Waals surface area contributed by atoms with Crippen LogP contribution in [-0.4, -0.2) is 54.9 Å². The van der Waals surface area contributed by atoms with Crippen molar-refractivity contribution in [3.05, 3.63) is 28.8 Å². The number of rotatable bonds is 4. The third-order valence-electron chi connectivity index (χ3n) is 2.27. The Balaban J connectivity index is 2.78. The van der Waals surface area contributed by atoms with Gasteiger partial charge < -0.3 is 9.80 Å². The van der Waals surface area contributed by atoms with E-state index in [-0.39, 0.29) is 16.6 Å². The topological polar surface area (TPSA) is 36.4 Å². The van der Waals surface area contributed by atoms with E-state index in [0.29, 0.717) is 6.54 Å². The zero-order valence-electron chi connectivity index (χ0n) is 10.1. The Hall–Kier alpha value is -1.20. The molecule has 0 spiro atoms. The van der Waals surface area contributed by atoms with Crippen LogP contribution in [0.3, 0.4) is 0 Å². The molecule has 1 amide bonds. The first-order chi connectivity index (χ1) is 7.91. The van der Waals surface area contributed by atoms with E-state index in [1.807, 2.05) is 19.0 Å². The normalized spacial score (nSPS) is 10.7. The minimum Gasteiger partial charge on any atom is -0.340 e. The second-order valence-electron chi connectivity index (χ2n) is 4.02. The molecule has 0 fully saturated rings. The number of halogens is 2. The monoisotopic (exact) mass is 259 g/mol. The molecule has 0 atom stereocenters. The molecule has 0 aliphatic carbocycles. The van der Waals surface area contributed by atoms with E-state index in [9.17, 15) is 9.18 Å². The quantitative estimate of drug-likeness (QED) is 0.769. The van der Waals surface area contributed by atoms with Crippen LogP contribution in [0, 0.1) is 5.82 Å². The molecule has 0 saturated carbocycles. The van der Waals surface area contributed by atoms with Gasteiger partial charge in [-0.15, -0.1) is 0 Å². The third-order valence-corrected chi connectivity index (χ3v) is 2.57. The standard InChI is InChI=1S/C11H15ClFN3O/c1-15(2)4-5-16(3)11(17)9-6-8(13)7-14-10(9)12/h6-7H,4-5H2,1-3H3. The summed E-state index contributed by atoms with van der Waals surface area (Å²) in [5, 5.41) is 0.0214. The van der Waals surface area contributed by atoms with Crippen LogP contribution in [0.1, 0.15) is 10.4 Å². The van der Waals surface area contributed by atoms with Crippen LogP contribution in [-0.2, 0) is 0 Å². The Morgan fingerprint density at radius 1 is 1.41 bits per heavy atom. The number of carbonyl (C=O) groups is 1. The predicted octanol–water partition coefficient (Wildman–Crippen LogP) is 1.51. The molecule has 1 rings (SSSR count). The van der Waals surface area contributed by atoms with Crippen LogP contribution in [0.25, 0.3) is 0 Å². The SMILES string of the molecule is CN(C)CCN(C)C(=O)c1cc(F)cnc1Cl. The molecular formula is C11H15ClFN3O. The maximum atomic E-state index is 13.0. The average Bonchev–Trinajstić information content (AvgIpc) is 2.28. The highest BCUT2D eigenvalue weighted by Crippen LogP contribution is 2.15. The molecule has 0 radical (unpaired) electrons. The third kappa shape index (κ3) is 3.94. The van der Waals surface area contributed by atoms with Crippen molar-refractivity contribution in [3.8, 4) is 0 Å². The van der Waals surface area contributed by atoms with E-state index in [0.717, 1.165) is 18.8 Å². The van der Waals surface area contributed by atoms with Gasteiger partial charge in [0.1, 0.15) is 11.0 Å². The number of likely N-dealkylation sites (N-methyl/N-ethyl adjacent to an activating group) is 2. The van der Waals surface area contributed by atoms with Crippen molar-refractivity contribution in [1.82, 2.24) is 14.8 Å². The van der Waals surface area contributed by atoms with Gasteiger partial charge in [0, 0.05) is 20.1 Å². The highest BCUT2D eigenvalue weighted by molar-refractivity contribution is 6.32. The van der Waals surface area contributed by atoms with E-state index >= 15 is 0 Å². The van der Waals surface area contributed by atoms with Gasteiger partial charge >= 0.3 is 0 Å². The summed E-state index contributed by atoms with van der Waals surface area (Å²) in [6.45, 7) is 1.27. The summed E-state index contributed by atoms with van der Waals surface area (Å²) < 4.78 is 13.0. The Labute approximate surface area is 105 Å². The van der Waals surface area contributed by atoms with Gasteiger partial charge in [0.05, 0.1) is 11.8 Å². The summed E-state index contributed by atoms with van der Waals surface area (Å²) in [6.07, 6.45) is 0.985. The Bertz CT molecular complexity index is 412. The number of hydrogen-bond donors (Lipinski definition) is 0. The Kier molecular flexibility index (Phi) is 4.84. The van der Waals surface area contributed by atoms with Gasteiger partial charge in [-0.3, -0.25) is 4.79 Å². The van der Waals surface area contributed by atoms with Crippen LogP contribution in [0.5, 0.6) is 0 Å². The van der Waals surface area contributed by atoms with E-state index < -0.39 is 5.82 Å². The van der Waals surface area contributed by atoms with Gasteiger partial charge in [0.2, 0.25) is 0 Å². The van der Waals surface area contributed by atoms with Crippen LogP contribution in [0.15, 0.2) is 12.3 Å². The first-order valence-corrected chi connectivity index (χ1v) is 5.51. The molecule has 1 heterocycles. The molecule has 4 nitrogen and oxygen atoms in total. The van der Waals surface area contributed by atoms with Gasteiger partial charge in [-0.2, -0.15) is 0 Å². The summed E-state index contributed by atoms with van der Waals surface area (Å²) in [7, 11) is 5.47. The van der Waals surface area contributed by atoms with Crippen molar-refractivity contribution in [2.75, 3.05) is 34.2 Å². The highest BCUT2D eigenvalue weighted by Gasteiger charge is 2.16. The van der Waals surface area contributed by atoms with Gasteiger partial charge in [-0.1, -0.05) is 11.6 Å². The number of carbonyl (C=O) groups excluding carboxylic acids is 1. The van der Waals surface area contributed by atoms with Crippen LogP contribution >= 0.6 is 11.6 Å². The van der Waals surface area contributed by atoms with Crippen LogP contribution < -0.4 is 0 Å². The summed E-state index contributed by atoms with van der Waals surface area (Å²) in [5.74, 6) is -0.900. The number of nitrogens with zero attached hydrogens (tertiary/aromatic N) is 3. The number of amides is 1. The van der Waals surface area contributed by atoms with Crippen molar-refractivity contribution in [1.29, 1.82) is 0 Å². The van der Waals surface area contributed by atoms with Gasteiger partial charge in [0.15, 0.2) is 0 Å². The predicted molar refractivity (Wildman–Crippen MR) is 64.7 cm³/mol. The molecule has 1 aromatic rings. The second-order valence-corrected chi connectivity index (χ2v) is 4.38. The second kappa shape index (κ2) is 5.93. The molecule has 1 aromatic heterocycles. The largest absolute Gasteiger partial charge is 0.340 e. The summed E-state index contributed by atoms with van der Waals surface area (Å²) >= 11 is 5.76. The summed E-state index contributed by atoms with van der Waals surface area (Å²) in [6, 6.07) is 1.10. The molecule has 0 N–H and O–H groups in total. The van der Waals surface area contributed by atoms with Crippen molar-refractivity contribution < 1.29 is 9.18 Å². The fourth-order valence-corrected chi connectivity index (χ4v) is 1.41. The van der Waals surface area contributed by atoms with Crippen molar-refractivity contribution in [2.45, 2.75) is 0 Å². The lowest BCUT2D eigenvalue weighted by molar-refractivity contribution is 0.0785. The highest BCUT2D eigenvalue weighted by atomic mass is 35.5. The van der Waals surface area contributed by atoms with Crippen LogP contribution in [0.4, 0.5) is 4.39 Å². The van der Waals surface area contributed by atoms with E-state index in [1.165, 1.54) is 4.90 Å². The fourth-order valence-electron chi connectivity index (χ4n) is 1.23. The van der Waals surface area contributed by atoms with Crippen molar-refractivity contribution in [3.63, 3.8) is 0 Å². The minimum absolute atomic E-state index is 0.0214. The number of aromatic nitrogens is 1. The lowest BCUT2D eigenvalue weighted by atomic mass is 10.2. The zero-order chi connectivity index (χ0) is 13.0. The maximum absolute atomic E-state index is 13.0. The lowest BCUT2D eigenvalue weighted by Gasteiger charge is -2.19. The molecule has 0 aliphatic rings. The molecule has 0 aromatic carbocycles. The molecular weight excluding hydrogens is 245 g/mol. The number of pyridine rings is 1. The summed E-state index contributed by atoms with van der Waals surface area (Å²) in [4.78, 5) is 19.0. The van der Waals surface area contributed by atoms with E-state index in [2.05, 4.69) is 4.98 Å². The first-order valence-electron chi connectivity index (χ1n) is 5.13. The molecule has 17 heavy (non-hydrogen) atoms. The maximum Gasteiger partial charge on any atom is 0.256 e. The Morgan fingerprint density at radius 2 is 2.06 bits per heavy atom. The molecule has 0 saturated heterocycles. The molecule has 0 aliphatic heterocycles. The Morgan fingerprint density at radius 3 is 2.65 bits per heavy atom. The lowest BCUT2D eigenvalue weighted by Crippen LogP contribution is -2.33. The van der Waals surface area contributed by atoms with Crippen molar-refractivity contribution >= 4 is 17.5 Å². The van der Waals surface area contributed by atoms with E-state index in [4.69, 9.17) is 11.6 Å². The van der Waals surface area contributed by atoms with Gasteiger partial charge in [0.25, 0.3) is 5.91 Å². The minimum atomic E-state index is -0.571. The fraction of sp³-hybridized carbons (Fsp3) is 0.455.